The standard InChI is InChI=1S/C23H30Cl2O4/c1-16-12-18(13-21(25)22(16)28-11-5-10-24)23(2,3)17-6-8-20(9-7-17)29-15-19(26)14-27-4/h6-9,12-13,19,26H,5,10-11,14-15H2,1-4H3. The van der Waals surface area contributed by atoms with Crippen molar-refractivity contribution in [1.29, 1.82) is 0 Å². The first-order chi connectivity index (χ1) is 13.8. The van der Waals surface area contributed by atoms with Crippen molar-refractivity contribution in [2.24, 2.45) is 0 Å². The van der Waals surface area contributed by atoms with E-state index in [9.17, 15) is 5.11 Å². The van der Waals surface area contributed by atoms with E-state index in [-0.39, 0.29) is 18.6 Å². The molecular weight excluding hydrogens is 411 g/mol. The van der Waals surface area contributed by atoms with Crippen molar-refractivity contribution in [3.63, 3.8) is 0 Å². The Kier molecular flexibility index (Phi) is 9.09. The molecule has 160 valence electrons. The molecule has 0 heterocycles. The van der Waals surface area contributed by atoms with E-state index < -0.39 is 6.10 Å². The third-order valence-electron chi connectivity index (χ3n) is 4.85. The highest BCUT2D eigenvalue weighted by atomic mass is 35.5. The second-order valence-electron chi connectivity index (χ2n) is 7.56. The van der Waals surface area contributed by atoms with E-state index in [2.05, 4.69) is 19.9 Å². The van der Waals surface area contributed by atoms with Gasteiger partial charge in [-0.1, -0.05) is 43.6 Å². The minimum atomic E-state index is -0.647. The lowest BCUT2D eigenvalue weighted by molar-refractivity contribution is 0.0325. The third kappa shape index (κ3) is 6.51. The number of hydrogen-bond acceptors (Lipinski definition) is 4. The SMILES string of the molecule is COCC(O)COc1ccc(C(C)(C)c2cc(C)c(OCCCCl)c(Cl)c2)cc1. The van der Waals surface area contributed by atoms with E-state index >= 15 is 0 Å². The van der Waals surface area contributed by atoms with Crippen LogP contribution in [0.2, 0.25) is 5.02 Å². The van der Waals surface area contributed by atoms with E-state index in [4.69, 9.17) is 37.4 Å². The van der Waals surface area contributed by atoms with Gasteiger partial charge in [-0.3, -0.25) is 0 Å². The van der Waals surface area contributed by atoms with Crippen LogP contribution in [0.15, 0.2) is 36.4 Å². The second kappa shape index (κ2) is 11.1. The first-order valence-corrected chi connectivity index (χ1v) is 10.6. The minimum absolute atomic E-state index is 0.191. The van der Waals surface area contributed by atoms with Crippen LogP contribution in [-0.2, 0) is 10.2 Å². The van der Waals surface area contributed by atoms with Crippen LogP contribution in [0.25, 0.3) is 0 Å². The van der Waals surface area contributed by atoms with Gasteiger partial charge in [-0.25, -0.2) is 0 Å². The lowest BCUT2D eigenvalue weighted by Gasteiger charge is -2.28. The predicted molar refractivity (Wildman–Crippen MR) is 119 cm³/mol. The second-order valence-corrected chi connectivity index (χ2v) is 8.35. The Morgan fingerprint density at radius 3 is 2.31 bits per heavy atom. The van der Waals surface area contributed by atoms with Gasteiger partial charge in [0.25, 0.3) is 0 Å². The van der Waals surface area contributed by atoms with Crippen LogP contribution in [0.1, 0.15) is 37.0 Å². The van der Waals surface area contributed by atoms with Gasteiger partial charge >= 0.3 is 0 Å². The molecule has 0 spiro atoms. The Morgan fingerprint density at radius 2 is 1.72 bits per heavy atom. The maximum absolute atomic E-state index is 9.71. The lowest BCUT2D eigenvalue weighted by Crippen LogP contribution is -2.22. The van der Waals surface area contributed by atoms with E-state index in [1.807, 2.05) is 37.3 Å². The Hall–Kier alpha value is -1.46. The summed E-state index contributed by atoms with van der Waals surface area (Å²) in [7, 11) is 1.55. The molecule has 0 aromatic heterocycles. The molecule has 0 saturated heterocycles. The normalized spacial score (nSPS) is 12.7. The lowest BCUT2D eigenvalue weighted by atomic mass is 9.77. The highest BCUT2D eigenvalue weighted by Gasteiger charge is 2.25. The third-order valence-corrected chi connectivity index (χ3v) is 5.40. The number of rotatable bonds is 11. The van der Waals surface area contributed by atoms with Gasteiger partial charge in [-0.05, 0) is 48.2 Å². The minimum Gasteiger partial charge on any atom is -0.492 e. The van der Waals surface area contributed by atoms with Gasteiger partial charge < -0.3 is 19.3 Å². The predicted octanol–water partition coefficient (Wildman–Crippen LogP) is 5.37. The number of aliphatic hydroxyl groups excluding tert-OH is 1. The number of alkyl halides is 1. The van der Waals surface area contributed by atoms with Gasteiger partial charge in [-0.15, -0.1) is 11.6 Å². The number of aliphatic hydroxyl groups is 1. The topological polar surface area (TPSA) is 47.9 Å². The van der Waals surface area contributed by atoms with Crippen molar-refractivity contribution in [2.75, 3.05) is 32.8 Å². The van der Waals surface area contributed by atoms with Crippen LogP contribution in [-0.4, -0.2) is 44.0 Å². The molecule has 1 N–H and O–H groups in total. The van der Waals surface area contributed by atoms with Crippen LogP contribution in [0.4, 0.5) is 0 Å². The van der Waals surface area contributed by atoms with E-state index in [0.717, 1.165) is 28.9 Å². The summed E-state index contributed by atoms with van der Waals surface area (Å²) in [6.07, 6.45) is 0.132. The summed E-state index contributed by atoms with van der Waals surface area (Å²) in [6, 6.07) is 12.0. The van der Waals surface area contributed by atoms with E-state index in [1.165, 1.54) is 0 Å². The Balaban J connectivity index is 2.15. The number of aryl methyl sites for hydroxylation is 1. The Morgan fingerprint density at radius 1 is 1.03 bits per heavy atom. The number of halogens is 2. The van der Waals surface area contributed by atoms with Gasteiger partial charge in [0.2, 0.25) is 0 Å². The Labute approximate surface area is 183 Å². The fourth-order valence-electron chi connectivity index (χ4n) is 3.07. The molecule has 0 amide bonds. The maximum atomic E-state index is 9.71. The van der Waals surface area contributed by atoms with Crippen LogP contribution in [0.5, 0.6) is 11.5 Å². The first kappa shape index (κ1) is 23.8. The van der Waals surface area contributed by atoms with Crippen molar-refractivity contribution in [3.05, 3.63) is 58.1 Å². The van der Waals surface area contributed by atoms with E-state index in [1.54, 1.807) is 7.11 Å². The summed E-state index contributed by atoms with van der Waals surface area (Å²) in [5.41, 5.74) is 2.99. The van der Waals surface area contributed by atoms with Crippen LogP contribution in [0, 0.1) is 6.92 Å². The summed E-state index contributed by atoms with van der Waals surface area (Å²) in [6.45, 7) is 7.30. The molecular formula is C23H30Cl2O4. The summed E-state index contributed by atoms with van der Waals surface area (Å²) < 4.78 is 16.3. The monoisotopic (exact) mass is 440 g/mol. The fraction of sp³-hybridized carbons (Fsp3) is 0.478. The molecule has 2 aromatic carbocycles. The van der Waals surface area contributed by atoms with Crippen molar-refractivity contribution in [2.45, 2.75) is 38.7 Å². The first-order valence-electron chi connectivity index (χ1n) is 9.69. The quantitative estimate of drug-likeness (QED) is 0.376. The largest absolute Gasteiger partial charge is 0.492 e. The van der Waals surface area contributed by atoms with Gasteiger partial charge in [0, 0.05) is 18.4 Å². The average molecular weight is 441 g/mol. The molecule has 0 aliphatic carbocycles. The van der Waals surface area contributed by atoms with E-state index in [0.29, 0.717) is 23.3 Å². The maximum Gasteiger partial charge on any atom is 0.140 e. The fourth-order valence-corrected chi connectivity index (χ4v) is 3.50. The molecule has 2 aromatic rings. The van der Waals surface area contributed by atoms with Crippen LogP contribution < -0.4 is 9.47 Å². The molecule has 1 atom stereocenters. The summed E-state index contributed by atoms with van der Waals surface area (Å²) in [5.74, 6) is 1.99. The van der Waals surface area contributed by atoms with Crippen LogP contribution in [0.3, 0.4) is 0 Å². The molecule has 0 radical (unpaired) electrons. The van der Waals surface area contributed by atoms with Gasteiger partial charge in [0.1, 0.15) is 24.2 Å². The van der Waals surface area contributed by atoms with Gasteiger partial charge in [0.05, 0.1) is 18.2 Å². The number of hydrogen-bond donors (Lipinski definition) is 1. The van der Waals surface area contributed by atoms with Crippen molar-refractivity contribution in [3.8, 4) is 11.5 Å². The molecule has 0 saturated carbocycles. The van der Waals surface area contributed by atoms with Gasteiger partial charge in [-0.2, -0.15) is 0 Å². The van der Waals surface area contributed by atoms with Gasteiger partial charge in [0.15, 0.2) is 0 Å². The number of ether oxygens (including phenoxy) is 3. The molecule has 6 heteroatoms. The molecule has 4 nitrogen and oxygen atoms in total. The molecule has 0 aliphatic rings. The summed E-state index contributed by atoms with van der Waals surface area (Å²) >= 11 is 12.2. The molecule has 29 heavy (non-hydrogen) atoms. The summed E-state index contributed by atoms with van der Waals surface area (Å²) in [4.78, 5) is 0. The summed E-state index contributed by atoms with van der Waals surface area (Å²) in [5, 5.41) is 10.3. The van der Waals surface area contributed by atoms with Crippen molar-refractivity contribution >= 4 is 23.2 Å². The molecule has 2 rings (SSSR count). The zero-order valence-electron chi connectivity index (χ0n) is 17.5. The number of methoxy groups -OCH3 is 1. The van der Waals surface area contributed by atoms with Crippen molar-refractivity contribution < 1.29 is 19.3 Å². The Bertz CT molecular complexity index is 752. The zero-order valence-corrected chi connectivity index (χ0v) is 19.0. The molecule has 0 bridgehead atoms. The highest BCUT2D eigenvalue weighted by molar-refractivity contribution is 6.32. The molecule has 0 fully saturated rings. The highest BCUT2D eigenvalue weighted by Crippen LogP contribution is 2.38. The zero-order chi connectivity index (χ0) is 21.4. The van der Waals surface area contributed by atoms with Crippen LogP contribution >= 0.6 is 23.2 Å². The number of benzene rings is 2. The smallest absolute Gasteiger partial charge is 0.140 e. The molecule has 1 unspecified atom stereocenters. The van der Waals surface area contributed by atoms with Crippen molar-refractivity contribution in [1.82, 2.24) is 0 Å². The average Bonchev–Trinajstić information content (AvgIpc) is 2.69. The molecule has 0 aliphatic heterocycles.